The summed E-state index contributed by atoms with van der Waals surface area (Å²) >= 11 is 4.41. The minimum atomic E-state index is -0.371. The van der Waals surface area contributed by atoms with Gasteiger partial charge in [0.1, 0.15) is 16.5 Å². The Bertz CT molecular complexity index is 1420. The molecule has 7 nitrogen and oxygen atoms in total. The zero-order valence-corrected chi connectivity index (χ0v) is 17.9. The molecule has 30 heavy (non-hydrogen) atoms. The number of benzene rings is 1. The van der Waals surface area contributed by atoms with Crippen LogP contribution in [0.15, 0.2) is 51.7 Å². The first-order chi connectivity index (χ1) is 14.6. The van der Waals surface area contributed by atoms with Gasteiger partial charge in [-0.15, -0.1) is 27.8 Å². The van der Waals surface area contributed by atoms with E-state index >= 15 is 0 Å². The Labute approximate surface area is 181 Å². The maximum absolute atomic E-state index is 13.5. The molecule has 0 aliphatic heterocycles. The van der Waals surface area contributed by atoms with E-state index in [9.17, 15) is 9.18 Å². The molecule has 4 heterocycles. The first-order valence-electron chi connectivity index (χ1n) is 8.83. The number of thioether (sulfide) groups is 1. The van der Waals surface area contributed by atoms with Crippen molar-refractivity contribution in [3.63, 3.8) is 0 Å². The van der Waals surface area contributed by atoms with Crippen LogP contribution in [0.1, 0.15) is 10.7 Å². The Morgan fingerprint density at radius 3 is 2.97 bits per heavy atom. The number of nitrogens with one attached hydrogen (secondary N) is 1. The lowest BCUT2D eigenvalue weighted by atomic mass is 10.2. The lowest BCUT2D eigenvalue weighted by molar-refractivity contribution is 0.623. The predicted molar refractivity (Wildman–Crippen MR) is 117 cm³/mol. The SMILES string of the molecule is Cc1ccc(-c2csc3nc(CSc4nnnn4-c4cccc(F)c4)[nH]c(=O)c23)s1. The van der Waals surface area contributed by atoms with Gasteiger partial charge in [0.25, 0.3) is 5.56 Å². The number of rotatable bonds is 5. The number of hydrogen-bond acceptors (Lipinski definition) is 8. The summed E-state index contributed by atoms with van der Waals surface area (Å²) in [6, 6.07) is 10.1. The molecule has 0 spiro atoms. The zero-order chi connectivity index (χ0) is 20.7. The fourth-order valence-electron chi connectivity index (χ4n) is 2.99. The Hall–Kier alpha value is -2.89. The van der Waals surface area contributed by atoms with Crippen molar-refractivity contribution in [3.05, 3.63) is 68.7 Å². The standard InChI is InChI=1S/C19H13FN6OS3/c1-10-5-6-14(30-10)13-8-28-18-16(13)17(27)21-15(22-18)9-29-19-23-24-25-26(19)12-4-2-3-11(20)7-12/h2-8H,9H2,1H3,(H,21,22,27). The number of halogens is 1. The summed E-state index contributed by atoms with van der Waals surface area (Å²) in [7, 11) is 0. The second kappa shape index (κ2) is 7.74. The number of aromatic nitrogens is 6. The molecule has 4 aromatic heterocycles. The molecule has 5 aromatic rings. The number of H-pyrrole nitrogens is 1. The summed E-state index contributed by atoms with van der Waals surface area (Å²) in [4.78, 5) is 23.2. The molecule has 1 aromatic carbocycles. The molecule has 0 unspecified atom stereocenters. The maximum Gasteiger partial charge on any atom is 0.260 e. The number of tetrazole rings is 1. The third kappa shape index (κ3) is 3.55. The minimum absolute atomic E-state index is 0.164. The summed E-state index contributed by atoms with van der Waals surface area (Å²) in [6.07, 6.45) is 0. The molecule has 5 rings (SSSR count). The maximum atomic E-state index is 13.5. The molecule has 0 bridgehead atoms. The van der Waals surface area contributed by atoms with Gasteiger partial charge in [-0.3, -0.25) is 4.79 Å². The van der Waals surface area contributed by atoms with Crippen LogP contribution in [0.2, 0.25) is 0 Å². The Balaban J connectivity index is 1.43. The number of thiophene rings is 2. The Morgan fingerprint density at radius 2 is 2.17 bits per heavy atom. The van der Waals surface area contributed by atoms with Crippen molar-refractivity contribution in [1.29, 1.82) is 0 Å². The van der Waals surface area contributed by atoms with Crippen molar-refractivity contribution in [2.45, 2.75) is 17.8 Å². The fraction of sp³-hybridized carbons (Fsp3) is 0.105. The second-order valence-electron chi connectivity index (χ2n) is 6.39. The first-order valence-corrected chi connectivity index (χ1v) is 11.5. The number of aryl methyl sites for hydroxylation is 1. The summed E-state index contributed by atoms with van der Waals surface area (Å²) in [6.45, 7) is 2.04. The summed E-state index contributed by atoms with van der Waals surface area (Å²) in [5, 5.41) is 14.7. The number of aromatic amines is 1. The smallest absolute Gasteiger partial charge is 0.260 e. The van der Waals surface area contributed by atoms with Gasteiger partial charge >= 0.3 is 0 Å². The lowest BCUT2D eigenvalue weighted by Crippen LogP contribution is -2.10. The van der Waals surface area contributed by atoms with Gasteiger partial charge in [-0.1, -0.05) is 17.8 Å². The minimum Gasteiger partial charge on any atom is -0.309 e. The van der Waals surface area contributed by atoms with Crippen LogP contribution >= 0.6 is 34.4 Å². The van der Waals surface area contributed by atoms with E-state index < -0.39 is 0 Å². The van der Waals surface area contributed by atoms with Crippen molar-refractivity contribution in [1.82, 2.24) is 30.2 Å². The highest BCUT2D eigenvalue weighted by Crippen LogP contribution is 2.35. The highest BCUT2D eigenvalue weighted by atomic mass is 32.2. The second-order valence-corrected chi connectivity index (χ2v) is 9.48. The van der Waals surface area contributed by atoms with Crippen LogP contribution in [0.25, 0.3) is 26.3 Å². The zero-order valence-electron chi connectivity index (χ0n) is 15.5. The Kier molecular flexibility index (Phi) is 4.93. The highest BCUT2D eigenvalue weighted by molar-refractivity contribution is 7.98. The molecule has 0 fully saturated rings. The van der Waals surface area contributed by atoms with Gasteiger partial charge < -0.3 is 4.98 Å². The van der Waals surface area contributed by atoms with Gasteiger partial charge in [0.15, 0.2) is 0 Å². The van der Waals surface area contributed by atoms with Crippen LogP contribution in [-0.4, -0.2) is 30.2 Å². The highest BCUT2D eigenvalue weighted by Gasteiger charge is 2.15. The average Bonchev–Trinajstić information content (AvgIpc) is 3.45. The van der Waals surface area contributed by atoms with E-state index in [1.807, 2.05) is 24.4 Å². The number of hydrogen-bond donors (Lipinski definition) is 1. The van der Waals surface area contributed by atoms with E-state index in [-0.39, 0.29) is 11.4 Å². The summed E-state index contributed by atoms with van der Waals surface area (Å²) < 4.78 is 15.0. The van der Waals surface area contributed by atoms with Gasteiger partial charge in [-0.25, -0.2) is 9.37 Å². The van der Waals surface area contributed by atoms with E-state index in [4.69, 9.17) is 0 Å². The molecule has 0 atom stereocenters. The van der Waals surface area contributed by atoms with Gasteiger partial charge in [-0.05, 0) is 47.7 Å². The van der Waals surface area contributed by atoms with Crippen molar-refractivity contribution >= 4 is 44.7 Å². The molecule has 1 N–H and O–H groups in total. The molecule has 0 radical (unpaired) electrons. The van der Waals surface area contributed by atoms with Gasteiger partial charge in [-0.2, -0.15) is 4.68 Å². The molecule has 150 valence electrons. The monoisotopic (exact) mass is 456 g/mol. The molecule has 0 saturated heterocycles. The average molecular weight is 457 g/mol. The van der Waals surface area contributed by atoms with Gasteiger partial charge in [0.2, 0.25) is 5.16 Å². The summed E-state index contributed by atoms with van der Waals surface area (Å²) in [5.41, 5.74) is 1.27. The van der Waals surface area contributed by atoms with Crippen LogP contribution in [0.5, 0.6) is 0 Å². The molecule has 0 aliphatic carbocycles. The normalized spacial score (nSPS) is 11.4. The van der Waals surface area contributed by atoms with Crippen LogP contribution in [0.4, 0.5) is 4.39 Å². The van der Waals surface area contributed by atoms with Crippen molar-refractivity contribution < 1.29 is 4.39 Å². The van der Waals surface area contributed by atoms with E-state index in [0.29, 0.717) is 32.6 Å². The first kappa shape index (κ1) is 19.1. The van der Waals surface area contributed by atoms with E-state index in [0.717, 1.165) is 10.4 Å². The van der Waals surface area contributed by atoms with Crippen molar-refractivity contribution in [2.75, 3.05) is 0 Å². The molecule has 11 heteroatoms. The van der Waals surface area contributed by atoms with E-state index in [2.05, 4.69) is 25.5 Å². The third-order valence-electron chi connectivity index (χ3n) is 4.33. The lowest BCUT2D eigenvalue weighted by Gasteiger charge is -2.04. The van der Waals surface area contributed by atoms with Gasteiger partial charge in [0.05, 0.1) is 16.8 Å². The van der Waals surface area contributed by atoms with Crippen molar-refractivity contribution in [3.8, 4) is 16.1 Å². The molecule has 0 amide bonds. The number of fused-ring (bicyclic) bond motifs is 1. The van der Waals surface area contributed by atoms with Crippen LogP contribution in [0, 0.1) is 12.7 Å². The molecular formula is C19H13FN6OS3. The van der Waals surface area contributed by atoms with Crippen LogP contribution < -0.4 is 5.56 Å². The molecular weight excluding hydrogens is 443 g/mol. The molecule has 0 aliphatic rings. The summed E-state index contributed by atoms with van der Waals surface area (Å²) in [5.74, 6) is 0.526. The topological polar surface area (TPSA) is 89.3 Å². The van der Waals surface area contributed by atoms with Crippen LogP contribution in [0.3, 0.4) is 0 Å². The largest absolute Gasteiger partial charge is 0.309 e. The predicted octanol–water partition coefficient (Wildman–Crippen LogP) is 4.43. The van der Waals surface area contributed by atoms with Crippen molar-refractivity contribution in [2.24, 2.45) is 0 Å². The fourth-order valence-corrected chi connectivity index (χ4v) is 5.68. The van der Waals surface area contributed by atoms with Gasteiger partial charge in [0, 0.05) is 20.7 Å². The third-order valence-corrected chi connectivity index (χ3v) is 7.17. The number of nitrogens with zero attached hydrogens (tertiary/aromatic N) is 5. The molecule has 0 saturated carbocycles. The van der Waals surface area contributed by atoms with Crippen LogP contribution in [-0.2, 0) is 5.75 Å². The van der Waals surface area contributed by atoms with E-state index in [1.165, 1.54) is 44.8 Å². The Morgan fingerprint density at radius 1 is 1.27 bits per heavy atom. The quantitative estimate of drug-likeness (QED) is 0.394. The van der Waals surface area contributed by atoms with E-state index in [1.54, 1.807) is 23.5 Å².